The molecule has 0 aliphatic rings. The molecule has 3 nitrogen and oxygen atoms in total. The first-order valence-corrected chi connectivity index (χ1v) is 5.34. The van der Waals surface area contributed by atoms with Gasteiger partial charge in [0.25, 0.3) is 0 Å². The van der Waals surface area contributed by atoms with E-state index in [0.717, 1.165) is 0 Å². The molecule has 0 radical (unpaired) electrons. The lowest BCUT2D eigenvalue weighted by Crippen LogP contribution is -2.07. The maximum absolute atomic E-state index is 13.6. The van der Waals surface area contributed by atoms with Gasteiger partial charge in [-0.1, -0.05) is 23.7 Å². The van der Waals surface area contributed by atoms with E-state index in [4.69, 9.17) is 16.4 Å². The number of pyridine rings is 1. The molecule has 0 saturated carbocycles. The summed E-state index contributed by atoms with van der Waals surface area (Å²) < 4.78 is 13.6. The summed E-state index contributed by atoms with van der Waals surface area (Å²) in [4.78, 5) is 9.00. The molecule has 0 fully saturated rings. The average molecular weight is 253 g/mol. The van der Waals surface area contributed by atoms with Crippen molar-refractivity contribution in [1.82, 2.24) is 4.98 Å². The van der Waals surface area contributed by atoms with E-state index in [0.29, 0.717) is 16.5 Å². The number of aromatic nitrogens is 1. The van der Waals surface area contributed by atoms with Crippen molar-refractivity contribution in [1.29, 1.82) is 0 Å². The van der Waals surface area contributed by atoms with Gasteiger partial charge >= 0.3 is 0 Å². The summed E-state index contributed by atoms with van der Waals surface area (Å²) in [6.07, 6.45) is 1.51. The van der Waals surface area contributed by atoms with Crippen molar-refractivity contribution in [3.05, 3.63) is 53.1 Å². The van der Waals surface area contributed by atoms with Gasteiger partial charge in [0, 0.05) is 18.3 Å². The summed E-state index contributed by atoms with van der Waals surface area (Å²) in [5.41, 5.74) is 3.36. The fraction of sp³-hybridized carbons (Fsp3) is 0.0833. The van der Waals surface area contributed by atoms with Gasteiger partial charge in [0.15, 0.2) is 11.6 Å². The number of anilines is 1. The topological polar surface area (TPSA) is 34.1 Å². The quantitative estimate of drug-likeness (QED) is 0.670. The Kier molecular flexibility index (Phi) is 3.44. The van der Waals surface area contributed by atoms with Crippen molar-refractivity contribution in [2.75, 3.05) is 5.48 Å². The van der Waals surface area contributed by atoms with Gasteiger partial charge in [-0.25, -0.2) is 14.9 Å². The van der Waals surface area contributed by atoms with Crippen molar-refractivity contribution in [2.24, 2.45) is 0 Å². The zero-order valence-corrected chi connectivity index (χ0v) is 9.83. The van der Waals surface area contributed by atoms with Crippen LogP contribution in [0.5, 0.6) is 5.75 Å². The van der Waals surface area contributed by atoms with Gasteiger partial charge in [0.2, 0.25) is 0 Å². The van der Waals surface area contributed by atoms with E-state index in [2.05, 4.69) is 10.5 Å². The molecule has 1 heterocycles. The predicted octanol–water partition coefficient (Wildman–Crippen LogP) is 3.59. The van der Waals surface area contributed by atoms with Gasteiger partial charge in [-0.2, -0.15) is 0 Å². The number of hydrogen-bond donors (Lipinski definition) is 1. The third-order valence-corrected chi connectivity index (χ3v) is 2.38. The number of nitrogens with one attached hydrogen (secondary N) is 1. The van der Waals surface area contributed by atoms with Gasteiger partial charge in [0.05, 0.1) is 0 Å². The maximum atomic E-state index is 13.6. The standard InChI is InChI=1S/C12H10ClFN2O/c1-8-3-2-4-10(12(8)14)16-17-9-5-6-15-11(13)7-9/h2-7,16H,1H3. The molecule has 0 atom stereocenters. The smallest absolute Gasteiger partial charge is 0.159 e. The van der Waals surface area contributed by atoms with E-state index in [9.17, 15) is 4.39 Å². The molecule has 2 aromatic rings. The largest absolute Gasteiger partial charge is 0.382 e. The first-order valence-electron chi connectivity index (χ1n) is 4.96. The van der Waals surface area contributed by atoms with Crippen LogP contribution in [-0.4, -0.2) is 4.98 Å². The molecule has 2 rings (SSSR count). The molecule has 1 aromatic carbocycles. The maximum Gasteiger partial charge on any atom is 0.159 e. The van der Waals surface area contributed by atoms with Crippen molar-refractivity contribution in [3.63, 3.8) is 0 Å². The highest BCUT2D eigenvalue weighted by Crippen LogP contribution is 2.19. The molecular weight excluding hydrogens is 243 g/mol. The minimum atomic E-state index is -0.340. The molecule has 0 aliphatic heterocycles. The Morgan fingerprint density at radius 1 is 1.35 bits per heavy atom. The van der Waals surface area contributed by atoms with Gasteiger partial charge in [-0.05, 0) is 18.6 Å². The number of benzene rings is 1. The Morgan fingerprint density at radius 2 is 2.18 bits per heavy atom. The zero-order valence-electron chi connectivity index (χ0n) is 9.08. The second kappa shape index (κ2) is 5.01. The second-order valence-electron chi connectivity index (χ2n) is 3.45. The van der Waals surface area contributed by atoms with Crippen LogP contribution in [0.15, 0.2) is 36.5 Å². The Labute approximate surface area is 103 Å². The molecule has 0 unspecified atom stereocenters. The highest BCUT2D eigenvalue weighted by Gasteiger charge is 2.04. The molecule has 0 aliphatic carbocycles. The summed E-state index contributed by atoms with van der Waals surface area (Å²) in [6, 6.07) is 8.16. The van der Waals surface area contributed by atoms with Crippen molar-refractivity contribution >= 4 is 17.3 Å². The third kappa shape index (κ3) is 2.85. The zero-order chi connectivity index (χ0) is 12.3. The van der Waals surface area contributed by atoms with E-state index in [1.165, 1.54) is 12.3 Å². The molecular formula is C12H10ClFN2O. The van der Waals surface area contributed by atoms with E-state index in [1.54, 1.807) is 31.2 Å². The van der Waals surface area contributed by atoms with E-state index < -0.39 is 0 Å². The Morgan fingerprint density at radius 3 is 2.94 bits per heavy atom. The minimum absolute atomic E-state index is 0.276. The van der Waals surface area contributed by atoms with Gasteiger partial charge in [-0.15, -0.1) is 0 Å². The molecule has 88 valence electrons. The lowest BCUT2D eigenvalue weighted by molar-refractivity contribution is 0.399. The highest BCUT2D eigenvalue weighted by molar-refractivity contribution is 6.29. The molecule has 17 heavy (non-hydrogen) atoms. The highest BCUT2D eigenvalue weighted by atomic mass is 35.5. The van der Waals surface area contributed by atoms with Crippen LogP contribution in [0, 0.1) is 12.7 Å². The fourth-order valence-corrected chi connectivity index (χ4v) is 1.45. The summed E-state index contributed by atoms with van der Waals surface area (Å²) >= 11 is 5.69. The lowest BCUT2D eigenvalue weighted by atomic mass is 10.2. The Balaban J connectivity index is 2.10. The first kappa shape index (κ1) is 11.7. The van der Waals surface area contributed by atoms with E-state index in [1.807, 2.05) is 0 Å². The summed E-state index contributed by atoms with van der Waals surface area (Å²) in [6.45, 7) is 1.68. The van der Waals surface area contributed by atoms with E-state index >= 15 is 0 Å². The lowest BCUT2D eigenvalue weighted by Gasteiger charge is -2.09. The Bertz CT molecular complexity index is 534. The third-order valence-electron chi connectivity index (χ3n) is 2.17. The molecule has 0 saturated heterocycles. The molecule has 0 bridgehead atoms. The van der Waals surface area contributed by atoms with Gasteiger partial charge in [0.1, 0.15) is 10.8 Å². The van der Waals surface area contributed by atoms with Crippen LogP contribution in [0.4, 0.5) is 10.1 Å². The first-order chi connectivity index (χ1) is 8.16. The van der Waals surface area contributed by atoms with Crippen LogP contribution in [0.3, 0.4) is 0 Å². The van der Waals surface area contributed by atoms with Crippen molar-refractivity contribution in [3.8, 4) is 5.75 Å². The van der Waals surface area contributed by atoms with Crippen LogP contribution in [0.1, 0.15) is 5.56 Å². The second-order valence-corrected chi connectivity index (χ2v) is 3.84. The fourth-order valence-electron chi connectivity index (χ4n) is 1.29. The summed E-state index contributed by atoms with van der Waals surface area (Å²) in [5, 5.41) is 0.314. The van der Waals surface area contributed by atoms with E-state index in [-0.39, 0.29) is 11.5 Å². The molecule has 1 aromatic heterocycles. The summed E-state index contributed by atoms with van der Waals surface area (Å²) in [7, 11) is 0. The number of rotatable bonds is 3. The van der Waals surface area contributed by atoms with Gasteiger partial charge < -0.3 is 4.84 Å². The number of hydrogen-bond acceptors (Lipinski definition) is 3. The average Bonchev–Trinajstić information content (AvgIpc) is 2.31. The van der Waals surface area contributed by atoms with Gasteiger partial charge in [-0.3, -0.25) is 0 Å². The molecule has 5 heteroatoms. The number of nitrogens with zero attached hydrogens (tertiary/aromatic N) is 1. The Hall–Kier alpha value is -1.81. The molecule has 0 amide bonds. The van der Waals surface area contributed by atoms with Crippen molar-refractivity contribution in [2.45, 2.75) is 6.92 Å². The predicted molar refractivity (Wildman–Crippen MR) is 64.6 cm³/mol. The van der Waals surface area contributed by atoms with Crippen molar-refractivity contribution < 1.29 is 9.23 Å². The molecule has 1 N–H and O–H groups in total. The van der Waals surface area contributed by atoms with Crippen LogP contribution in [0.2, 0.25) is 5.15 Å². The monoisotopic (exact) mass is 252 g/mol. The number of aryl methyl sites for hydroxylation is 1. The van der Waals surface area contributed by atoms with Crippen LogP contribution < -0.4 is 10.3 Å². The summed E-state index contributed by atoms with van der Waals surface area (Å²) in [5.74, 6) is 0.124. The van der Waals surface area contributed by atoms with Crippen LogP contribution in [0.25, 0.3) is 0 Å². The number of halogens is 2. The normalized spacial score (nSPS) is 10.1. The van der Waals surface area contributed by atoms with Crippen LogP contribution in [-0.2, 0) is 0 Å². The molecule has 0 spiro atoms. The SMILES string of the molecule is Cc1cccc(NOc2ccnc(Cl)c2)c1F. The minimum Gasteiger partial charge on any atom is -0.382 e. The van der Waals surface area contributed by atoms with Crippen LogP contribution >= 0.6 is 11.6 Å².